The van der Waals surface area contributed by atoms with Crippen LogP contribution >= 0.6 is 0 Å². The lowest BCUT2D eigenvalue weighted by atomic mass is 9.91. The first-order chi connectivity index (χ1) is 19.7. The summed E-state index contributed by atoms with van der Waals surface area (Å²) in [5.41, 5.74) is 12.5. The van der Waals surface area contributed by atoms with E-state index < -0.39 is 18.1 Å². The van der Waals surface area contributed by atoms with Crippen molar-refractivity contribution in [2.45, 2.75) is 52.2 Å². The van der Waals surface area contributed by atoms with E-state index in [4.69, 9.17) is 20.3 Å². The number of carbonyl (C=O) groups excluding carboxylic acids is 2. The summed E-state index contributed by atoms with van der Waals surface area (Å²) in [6.45, 7) is 5.06. The van der Waals surface area contributed by atoms with E-state index in [2.05, 4.69) is 18.3 Å². The van der Waals surface area contributed by atoms with Crippen LogP contribution in [-0.4, -0.2) is 48.8 Å². The summed E-state index contributed by atoms with van der Waals surface area (Å²) in [4.78, 5) is 37.9. The molecule has 0 aromatic heterocycles. The molecule has 0 bridgehead atoms. The molecule has 1 aliphatic heterocycles. The first kappa shape index (κ1) is 29.6. The number of ether oxygens (including phenoxy) is 2. The van der Waals surface area contributed by atoms with Crippen LogP contribution in [0.5, 0.6) is 5.75 Å². The first-order valence-corrected chi connectivity index (χ1v) is 13.8. The molecule has 9 heteroatoms. The number of carbonyl (C=O) groups is 3. The van der Waals surface area contributed by atoms with Crippen molar-refractivity contribution < 1.29 is 29.0 Å². The molecule has 0 spiro atoms. The lowest BCUT2D eigenvalue weighted by Gasteiger charge is -2.31. The standard InChI is InChI=1S/C32H37N3O6/c1-21-8-3-14-29(22(21)2)40-17-7-15-30(36)35-16-6-12-26-25(11-5-13-28(26)35)24-10-4-9-23(18-24)20-41-32(39)34-19-27(33)31(37)38/h3-5,8-11,13-14,18,27H,6-7,12,15-17,19-20,33H2,1-2H3,(H,34,39)(H,37,38)/t27-/m0/s1. The Bertz CT molecular complexity index is 1410. The van der Waals surface area contributed by atoms with Gasteiger partial charge < -0.3 is 30.5 Å². The Balaban J connectivity index is 1.38. The molecule has 0 aliphatic carbocycles. The van der Waals surface area contributed by atoms with Crippen molar-refractivity contribution in [2.24, 2.45) is 5.73 Å². The van der Waals surface area contributed by atoms with Crippen molar-refractivity contribution in [2.75, 3.05) is 24.6 Å². The lowest BCUT2D eigenvalue weighted by molar-refractivity contribution is -0.138. The van der Waals surface area contributed by atoms with Crippen molar-refractivity contribution in [1.29, 1.82) is 0 Å². The first-order valence-electron chi connectivity index (χ1n) is 13.8. The van der Waals surface area contributed by atoms with E-state index in [9.17, 15) is 14.4 Å². The van der Waals surface area contributed by atoms with E-state index in [-0.39, 0.29) is 19.1 Å². The van der Waals surface area contributed by atoms with E-state index in [1.807, 2.05) is 66.4 Å². The molecular weight excluding hydrogens is 522 g/mol. The number of nitrogens with zero attached hydrogens (tertiary/aromatic N) is 1. The minimum atomic E-state index is -1.20. The third-order valence-electron chi connectivity index (χ3n) is 7.29. The van der Waals surface area contributed by atoms with Gasteiger partial charge in [0.05, 0.1) is 6.61 Å². The summed E-state index contributed by atoms with van der Waals surface area (Å²) in [6.07, 6.45) is 2.03. The highest BCUT2D eigenvalue weighted by Crippen LogP contribution is 2.36. The second kappa shape index (κ2) is 13.8. The van der Waals surface area contributed by atoms with E-state index in [0.717, 1.165) is 52.1 Å². The van der Waals surface area contributed by atoms with Gasteiger partial charge in [0.15, 0.2) is 0 Å². The Labute approximate surface area is 240 Å². The largest absolute Gasteiger partial charge is 0.493 e. The molecule has 3 aromatic carbocycles. The zero-order valence-electron chi connectivity index (χ0n) is 23.5. The number of carboxylic acids is 1. The maximum atomic E-state index is 13.3. The Morgan fingerprint density at radius 3 is 2.66 bits per heavy atom. The highest BCUT2D eigenvalue weighted by Gasteiger charge is 2.24. The Hall–Kier alpha value is -4.37. The van der Waals surface area contributed by atoms with Crippen LogP contribution in [-0.2, 0) is 27.4 Å². The molecule has 1 aliphatic rings. The van der Waals surface area contributed by atoms with Crippen LogP contribution in [0, 0.1) is 13.8 Å². The molecule has 4 N–H and O–H groups in total. The molecule has 0 unspecified atom stereocenters. The summed E-state index contributed by atoms with van der Waals surface area (Å²) in [6, 6.07) is 18.5. The number of hydrogen-bond acceptors (Lipinski definition) is 6. The maximum Gasteiger partial charge on any atom is 0.407 e. The number of rotatable bonds is 11. The minimum Gasteiger partial charge on any atom is -0.493 e. The van der Waals surface area contributed by atoms with Crippen molar-refractivity contribution in [3.8, 4) is 16.9 Å². The lowest BCUT2D eigenvalue weighted by Crippen LogP contribution is -2.42. The van der Waals surface area contributed by atoms with Crippen molar-refractivity contribution in [3.63, 3.8) is 0 Å². The van der Waals surface area contributed by atoms with Gasteiger partial charge in [-0.05, 0) is 84.7 Å². The molecule has 3 aromatic rings. The van der Waals surface area contributed by atoms with Gasteiger partial charge in [0.25, 0.3) is 0 Å². The molecule has 41 heavy (non-hydrogen) atoms. The second-order valence-corrected chi connectivity index (χ2v) is 10.2. The number of benzene rings is 3. The number of alkyl carbamates (subject to hydrolysis) is 1. The van der Waals surface area contributed by atoms with Crippen LogP contribution in [0.4, 0.5) is 10.5 Å². The Morgan fingerprint density at radius 1 is 1.07 bits per heavy atom. The van der Waals surface area contributed by atoms with Gasteiger partial charge >= 0.3 is 12.1 Å². The van der Waals surface area contributed by atoms with Gasteiger partial charge in [0, 0.05) is 25.2 Å². The molecule has 2 amide bonds. The summed E-state index contributed by atoms with van der Waals surface area (Å²) in [5.74, 6) is -0.254. The van der Waals surface area contributed by atoms with Crippen molar-refractivity contribution in [1.82, 2.24) is 5.32 Å². The number of anilines is 1. The molecular formula is C32H37N3O6. The molecule has 9 nitrogen and oxygen atoms in total. The van der Waals surface area contributed by atoms with Gasteiger partial charge in [-0.1, -0.05) is 42.5 Å². The average molecular weight is 560 g/mol. The van der Waals surface area contributed by atoms with Gasteiger partial charge in [0.2, 0.25) is 5.91 Å². The maximum absolute atomic E-state index is 13.3. The van der Waals surface area contributed by atoms with Gasteiger partial charge in [-0.15, -0.1) is 0 Å². The predicted octanol–water partition coefficient (Wildman–Crippen LogP) is 4.75. The summed E-state index contributed by atoms with van der Waals surface area (Å²) >= 11 is 0. The fourth-order valence-electron chi connectivity index (χ4n) is 4.88. The molecule has 0 fully saturated rings. The van der Waals surface area contributed by atoms with E-state index in [0.29, 0.717) is 26.0 Å². The van der Waals surface area contributed by atoms with E-state index >= 15 is 0 Å². The number of amides is 2. The van der Waals surface area contributed by atoms with Crippen molar-refractivity contribution in [3.05, 3.63) is 82.9 Å². The topological polar surface area (TPSA) is 131 Å². The van der Waals surface area contributed by atoms with Gasteiger partial charge in [0.1, 0.15) is 18.4 Å². The van der Waals surface area contributed by atoms with Gasteiger partial charge in [-0.2, -0.15) is 0 Å². The molecule has 0 saturated heterocycles. The Morgan fingerprint density at radius 2 is 1.85 bits per heavy atom. The zero-order valence-corrected chi connectivity index (χ0v) is 23.5. The Kier molecular flexibility index (Phi) is 9.97. The number of aryl methyl sites for hydroxylation is 1. The number of nitrogens with two attached hydrogens (primary N) is 1. The van der Waals surface area contributed by atoms with Crippen LogP contribution in [0.2, 0.25) is 0 Å². The normalized spacial score (nSPS) is 13.2. The fourth-order valence-corrected chi connectivity index (χ4v) is 4.88. The molecule has 0 saturated carbocycles. The monoisotopic (exact) mass is 559 g/mol. The summed E-state index contributed by atoms with van der Waals surface area (Å²) in [7, 11) is 0. The number of aliphatic carboxylic acids is 1. The van der Waals surface area contributed by atoms with Crippen LogP contribution < -0.4 is 20.7 Å². The van der Waals surface area contributed by atoms with E-state index in [1.54, 1.807) is 0 Å². The molecule has 1 heterocycles. The molecule has 0 radical (unpaired) electrons. The minimum absolute atomic E-state index is 0.0196. The highest BCUT2D eigenvalue weighted by atomic mass is 16.5. The van der Waals surface area contributed by atoms with Crippen LogP contribution in [0.25, 0.3) is 11.1 Å². The molecule has 216 valence electrons. The molecule has 4 rings (SSSR count). The summed E-state index contributed by atoms with van der Waals surface area (Å²) in [5, 5.41) is 11.2. The van der Waals surface area contributed by atoms with E-state index in [1.165, 1.54) is 5.56 Å². The number of nitrogens with one attached hydrogen (secondary N) is 1. The third-order valence-corrected chi connectivity index (χ3v) is 7.29. The van der Waals surface area contributed by atoms with Crippen LogP contribution in [0.15, 0.2) is 60.7 Å². The zero-order chi connectivity index (χ0) is 29.4. The SMILES string of the molecule is Cc1cccc(OCCCC(=O)N2CCCc3c(-c4cccc(COC(=O)NC[C@H](N)C(=O)O)c4)cccc32)c1C. The predicted molar refractivity (Wildman–Crippen MR) is 157 cm³/mol. The molecule has 1 atom stereocenters. The summed E-state index contributed by atoms with van der Waals surface area (Å²) < 4.78 is 11.2. The second-order valence-electron chi connectivity index (χ2n) is 10.2. The third kappa shape index (κ3) is 7.64. The van der Waals surface area contributed by atoms with Crippen LogP contribution in [0.3, 0.4) is 0 Å². The number of hydrogen-bond donors (Lipinski definition) is 3. The number of fused-ring (bicyclic) bond motifs is 1. The fraction of sp³-hybridized carbons (Fsp3) is 0.344. The highest BCUT2D eigenvalue weighted by molar-refractivity contribution is 5.96. The van der Waals surface area contributed by atoms with Gasteiger partial charge in [-0.25, -0.2) is 4.79 Å². The smallest absolute Gasteiger partial charge is 0.407 e. The van der Waals surface area contributed by atoms with Gasteiger partial charge in [-0.3, -0.25) is 9.59 Å². The average Bonchev–Trinajstić information content (AvgIpc) is 2.98. The van der Waals surface area contributed by atoms with Crippen LogP contribution in [0.1, 0.15) is 41.5 Å². The van der Waals surface area contributed by atoms with Crippen molar-refractivity contribution >= 4 is 23.7 Å². The quantitative estimate of drug-likeness (QED) is 0.289. The number of carboxylic acid groups (broad SMARTS) is 1.